The van der Waals surface area contributed by atoms with Crippen LogP contribution < -0.4 is 0 Å². The van der Waals surface area contributed by atoms with Crippen molar-refractivity contribution in [1.82, 2.24) is 0 Å². The molecule has 0 aromatic heterocycles. The average Bonchev–Trinajstić information content (AvgIpc) is 1.75. The van der Waals surface area contributed by atoms with Gasteiger partial charge in [-0.3, -0.25) is 0 Å². The molecule has 0 saturated heterocycles. The molecule has 0 N–H and O–H groups in total. The molecule has 0 aliphatic heterocycles. The molecule has 0 bridgehead atoms. The van der Waals surface area contributed by atoms with Crippen LogP contribution in [0.4, 0.5) is 26.3 Å². The summed E-state index contributed by atoms with van der Waals surface area (Å²) in [6, 6.07) is 0. The Bertz CT molecular complexity index is 324. The first-order valence-electron chi connectivity index (χ1n) is 2.39. The van der Waals surface area contributed by atoms with E-state index in [1.54, 1.807) is 0 Å². The molecule has 3 nitrogen and oxygen atoms in total. The van der Waals surface area contributed by atoms with Crippen molar-refractivity contribution in [2.45, 2.75) is 11.0 Å². The summed E-state index contributed by atoms with van der Waals surface area (Å²) in [6.07, 6.45) is 0. The summed E-state index contributed by atoms with van der Waals surface area (Å²) in [5.41, 5.74) is -11.6. The van der Waals surface area contributed by atoms with Gasteiger partial charge in [-0.15, -0.1) is 3.77 Å². The maximum absolute atomic E-state index is 11.6. The van der Waals surface area contributed by atoms with Crippen LogP contribution in [0.15, 0.2) is 3.77 Å². The minimum atomic E-state index is -5.82. The predicted molar refractivity (Wildman–Crippen MR) is 36.7 cm³/mol. The van der Waals surface area contributed by atoms with E-state index in [4.69, 9.17) is 0 Å². The summed E-state index contributed by atoms with van der Waals surface area (Å²) in [5, 5.41) is 0. The van der Waals surface area contributed by atoms with E-state index in [0.29, 0.717) is 0 Å². The van der Waals surface area contributed by atoms with Crippen LogP contribution in [-0.2, 0) is 19.9 Å². The molecule has 86 valence electrons. The first kappa shape index (κ1) is 14.0. The summed E-state index contributed by atoms with van der Waals surface area (Å²) in [7, 11) is -5.69. The molecule has 0 atom stereocenters. The fourth-order valence-electron chi connectivity index (χ4n) is 0.305. The molecule has 0 fully saturated rings. The van der Waals surface area contributed by atoms with Gasteiger partial charge in [0.15, 0.2) is 0 Å². The largest absolute Gasteiger partial charge is 0.461 e. The van der Waals surface area contributed by atoms with E-state index in [9.17, 15) is 34.8 Å². The molecule has 0 saturated carbocycles. The minimum Gasteiger partial charge on any atom is -0.187 e. The Morgan fingerprint density at radius 2 is 1.29 bits per heavy atom. The van der Waals surface area contributed by atoms with Crippen LogP contribution in [0.25, 0.3) is 0 Å². The molecular formula is C2ClF6NO2S2. The molecule has 14 heavy (non-hydrogen) atoms. The van der Waals surface area contributed by atoms with Crippen molar-refractivity contribution < 1.29 is 34.8 Å². The normalized spacial score (nSPS) is 14.6. The summed E-state index contributed by atoms with van der Waals surface area (Å²) < 4.78 is 91.1. The second kappa shape index (κ2) is 3.85. The number of halogens is 7. The zero-order valence-electron chi connectivity index (χ0n) is 5.73. The Balaban J connectivity index is 5.49. The Morgan fingerprint density at radius 1 is 1.00 bits per heavy atom. The first-order valence-corrected chi connectivity index (χ1v) is 5.84. The molecule has 0 aliphatic carbocycles. The fraction of sp³-hybridized carbons (Fsp3) is 1.00. The van der Waals surface area contributed by atoms with Crippen LogP contribution in [0.3, 0.4) is 0 Å². The van der Waals surface area contributed by atoms with Crippen LogP contribution in [-0.4, -0.2) is 19.4 Å². The Hall–Kier alpha value is -0.0300. The molecule has 0 amide bonds. The van der Waals surface area contributed by atoms with E-state index >= 15 is 0 Å². The number of hydrogen-bond acceptors (Lipinski definition) is 2. The Morgan fingerprint density at radius 3 is 1.36 bits per heavy atom. The molecule has 0 aromatic rings. The minimum absolute atomic E-state index is 1.47. The third-order valence-corrected chi connectivity index (χ3v) is 3.29. The van der Waals surface area contributed by atoms with E-state index in [1.807, 2.05) is 0 Å². The fourth-order valence-corrected chi connectivity index (χ4v) is 2.46. The van der Waals surface area contributed by atoms with E-state index in [2.05, 4.69) is 10.7 Å². The highest BCUT2D eigenvalue weighted by Crippen LogP contribution is 2.36. The smallest absolute Gasteiger partial charge is 0.187 e. The SMILES string of the molecule is O=S(=O)(Cl)N=S(C(F)(F)F)C(F)(F)F. The lowest BCUT2D eigenvalue weighted by atomic mass is 11.5. The van der Waals surface area contributed by atoms with Crippen molar-refractivity contribution in [3.63, 3.8) is 0 Å². The van der Waals surface area contributed by atoms with Crippen LogP contribution in [0.5, 0.6) is 0 Å². The monoisotopic (exact) mass is 283 g/mol. The predicted octanol–water partition coefficient (Wildman–Crippen LogP) is 2.31. The molecule has 0 aromatic carbocycles. The van der Waals surface area contributed by atoms with Gasteiger partial charge in [-0.05, 0) is 0 Å². The highest BCUT2D eigenvalue weighted by Gasteiger charge is 2.53. The Kier molecular flexibility index (Phi) is 3.84. The van der Waals surface area contributed by atoms with Gasteiger partial charge in [-0.25, -0.2) is 0 Å². The van der Waals surface area contributed by atoms with Gasteiger partial charge >= 0.3 is 20.3 Å². The van der Waals surface area contributed by atoms with Crippen LogP contribution in [0.2, 0.25) is 0 Å². The van der Waals surface area contributed by atoms with Gasteiger partial charge in [0.05, 0.1) is 0 Å². The van der Waals surface area contributed by atoms with Crippen molar-refractivity contribution in [2.75, 3.05) is 0 Å². The van der Waals surface area contributed by atoms with Crippen molar-refractivity contribution in [3.8, 4) is 0 Å². The number of hydrogen-bond donors (Lipinski definition) is 0. The summed E-state index contributed by atoms with van der Waals surface area (Å²) >= 11 is 0. The van der Waals surface area contributed by atoms with Crippen molar-refractivity contribution in [3.05, 3.63) is 0 Å². The lowest BCUT2D eigenvalue weighted by molar-refractivity contribution is -0.0747. The van der Waals surface area contributed by atoms with Crippen molar-refractivity contribution in [1.29, 1.82) is 0 Å². The van der Waals surface area contributed by atoms with Crippen LogP contribution >= 0.6 is 10.7 Å². The van der Waals surface area contributed by atoms with E-state index in [1.165, 1.54) is 3.77 Å². The molecule has 0 heterocycles. The molecular weight excluding hydrogens is 284 g/mol. The van der Waals surface area contributed by atoms with Gasteiger partial charge in [-0.2, -0.15) is 34.8 Å². The number of rotatable bonds is 1. The van der Waals surface area contributed by atoms with Crippen LogP contribution in [0.1, 0.15) is 0 Å². The molecule has 0 radical (unpaired) electrons. The standard InChI is InChI=1S/C2ClF6NO2S2/c3-14(11,12)10-13(1(4,5)6)2(7,8)9. The zero-order chi connectivity index (χ0) is 11.8. The van der Waals surface area contributed by atoms with E-state index in [-0.39, 0.29) is 0 Å². The zero-order valence-corrected chi connectivity index (χ0v) is 8.11. The van der Waals surface area contributed by atoms with Gasteiger partial charge in [0.1, 0.15) is 10.7 Å². The van der Waals surface area contributed by atoms with Gasteiger partial charge in [0.2, 0.25) is 0 Å². The Labute approximate surface area is 80.7 Å². The topological polar surface area (TPSA) is 46.5 Å². The lowest BCUT2D eigenvalue weighted by Crippen LogP contribution is -2.30. The quantitative estimate of drug-likeness (QED) is 0.548. The lowest BCUT2D eigenvalue weighted by Gasteiger charge is -2.12. The first-order chi connectivity index (χ1) is 5.84. The maximum atomic E-state index is 11.6. The molecule has 0 unspecified atom stereocenters. The van der Waals surface area contributed by atoms with E-state index in [0.717, 1.165) is 0 Å². The van der Waals surface area contributed by atoms with Crippen LogP contribution in [0, 0.1) is 0 Å². The molecule has 0 aliphatic rings. The summed E-state index contributed by atoms with van der Waals surface area (Å²) in [6.45, 7) is 0. The van der Waals surface area contributed by atoms with Gasteiger partial charge in [0.25, 0.3) is 0 Å². The number of nitrogens with zero attached hydrogens (tertiary/aromatic N) is 1. The van der Waals surface area contributed by atoms with Crippen molar-refractivity contribution in [2.24, 2.45) is 3.77 Å². The summed E-state index contributed by atoms with van der Waals surface area (Å²) in [5.74, 6) is 0. The highest BCUT2D eigenvalue weighted by atomic mass is 35.7. The molecule has 0 rings (SSSR count). The molecule has 12 heteroatoms. The highest BCUT2D eigenvalue weighted by molar-refractivity contribution is 8.16. The van der Waals surface area contributed by atoms with E-state index < -0.39 is 30.9 Å². The second-order valence-corrected chi connectivity index (χ2v) is 5.75. The second-order valence-electron chi connectivity index (χ2n) is 1.66. The molecule has 0 spiro atoms. The van der Waals surface area contributed by atoms with Crippen molar-refractivity contribution >= 4 is 30.6 Å². The number of alkyl halides is 6. The summed E-state index contributed by atoms with van der Waals surface area (Å²) in [4.78, 5) is 0. The third kappa shape index (κ3) is 5.00. The maximum Gasteiger partial charge on any atom is 0.461 e. The average molecular weight is 284 g/mol. The van der Waals surface area contributed by atoms with Gasteiger partial charge in [-0.1, -0.05) is 0 Å². The third-order valence-electron chi connectivity index (χ3n) is 0.602. The van der Waals surface area contributed by atoms with Gasteiger partial charge in [0, 0.05) is 10.7 Å². The van der Waals surface area contributed by atoms with Gasteiger partial charge < -0.3 is 0 Å².